The second-order valence-electron chi connectivity index (χ2n) is 3.55. The monoisotopic (exact) mass is 261 g/mol. The Labute approximate surface area is 106 Å². The van der Waals surface area contributed by atoms with Crippen molar-refractivity contribution in [3.05, 3.63) is 53.7 Å². The number of carboxylic acid groups (broad SMARTS) is 1. The molecule has 0 saturated heterocycles. The predicted molar refractivity (Wildman–Crippen MR) is 63.3 cm³/mol. The van der Waals surface area contributed by atoms with Gasteiger partial charge in [0.2, 0.25) is 0 Å². The largest absolute Gasteiger partial charge is 0.478 e. The van der Waals surface area contributed by atoms with Crippen LogP contribution in [0.5, 0.6) is 0 Å². The molecule has 0 unspecified atom stereocenters. The van der Waals surface area contributed by atoms with Gasteiger partial charge in [-0.05, 0) is 24.3 Å². The SMILES string of the molecule is O=C(O)c1ccc(NC(=O)c2ccc(F)cn2)nc1. The number of rotatable bonds is 3. The molecule has 96 valence electrons. The summed E-state index contributed by atoms with van der Waals surface area (Å²) in [4.78, 5) is 29.7. The van der Waals surface area contributed by atoms with Gasteiger partial charge >= 0.3 is 5.97 Å². The van der Waals surface area contributed by atoms with Crippen molar-refractivity contribution < 1.29 is 19.1 Å². The van der Waals surface area contributed by atoms with Crippen molar-refractivity contribution in [1.29, 1.82) is 0 Å². The van der Waals surface area contributed by atoms with E-state index in [9.17, 15) is 14.0 Å². The summed E-state index contributed by atoms with van der Waals surface area (Å²) < 4.78 is 12.6. The number of hydrogen-bond donors (Lipinski definition) is 2. The van der Waals surface area contributed by atoms with Gasteiger partial charge in [0, 0.05) is 6.20 Å². The number of carbonyl (C=O) groups excluding carboxylic acids is 1. The van der Waals surface area contributed by atoms with Crippen LogP contribution in [0.25, 0.3) is 0 Å². The number of anilines is 1. The third kappa shape index (κ3) is 3.09. The fraction of sp³-hybridized carbons (Fsp3) is 0. The molecular formula is C12H8FN3O3. The quantitative estimate of drug-likeness (QED) is 0.874. The summed E-state index contributed by atoms with van der Waals surface area (Å²) in [5, 5.41) is 11.1. The van der Waals surface area contributed by atoms with E-state index in [-0.39, 0.29) is 17.1 Å². The van der Waals surface area contributed by atoms with Gasteiger partial charge in [-0.25, -0.2) is 19.2 Å². The Morgan fingerprint density at radius 3 is 2.42 bits per heavy atom. The summed E-state index contributed by atoms with van der Waals surface area (Å²) >= 11 is 0. The van der Waals surface area contributed by atoms with Gasteiger partial charge in [0.1, 0.15) is 17.3 Å². The fourth-order valence-electron chi connectivity index (χ4n) is 1.28. The van der Waals surface area contributed by atoms with E-state index in [0.29, 0.717) is 0 Å². The maximum Gasteiger partial charge on any atom is 0.337 e. The molecule has 0 radical (unpaired) electrons. The molecule has 0 bridgehead atoms. The van der Waals surface area contributed by atoms with E-state index in [1.807, 2.05) is 0 Å². The summed E-state index contributed by atoms with van der Waals surface area (Å²) in [6, 6.07) is 5.01. The van der Waals surface area contributed by atoms with Crippen molar-refractivity contribution in [2.24, 2.45) is 0 Å². The second-order valence-corrected chi connectivity index (χ2v) is 3.55. The van der Waals surface area contributed by atoms with Gasteiger partial charge in [0.05, 0.1) is 11.8 Å². The van der Waals surface area contributed by atoms with Crippen LogP contribution in [-0.2, 0) is 0 Å². The normalized spacial score (nSPS) is 9.95. The van der Waals surface area contributed by atoms with Crippen LogP contribution in [0, 0.1) is 5.82 Å². The van der Waals surface area contributed by atoms with Crippen molar-refractivity contribution in [3.63, 3.8) is 0 Å². The summed E-state index contributed by atoms with van der Waals surface area (Å²) in [7, 11) is 0. The van der Waals surface area contributed by atoms with Crippen LogP contribution in [-0.4, -0.2) is 27.0 Å². The number of carbonyl (C=O) groups is 2. The maximum atomic E-state index is 12.6. The number of amides is 1. The molecule has 7 heteroatoms. The zero-order chi connectivity index (χ0) is 13.8. The van der Waals surface area contributed by atoms with E-state index >= 15 is 0 Å². The first kappa shape index (κ1) is 12.6. The van der Waals surface area contributed by atoms with Crippen LogP contribution in [0.3, 0.4) is 0 Å². The Balaban J connectivity index is 2.10. The van der Waals surface area contributed by atoms with Crippen molar-refractivity contribution in [2.75, 3.05) is 5.32 Å². The Morgan fingerprint density at radius 1 is 1.11 bits per heavy atom. The highest BCUT2D eigenvalue weighted by atomic mass is 19.1. The Bertz CT molecular complexity index is 611. The van der Waals surface area contributed by atoms with Gasteiger partial charge in [-0.2, -0.15) is 0 Å². The van der Waals surface area contributed by atoms with Gasteiger partial charge < -0.3 is 10.4 Å². The zero-order valence-electron chi connectivity index (χ0n) is 9.50. The highest BCUT2D eigenvalue weighted by Gasteiger charge is 2.09. The van der Waals surface area contributed by atoms with E-state index < -0.39 is 17.7 Å². The topological polar surface area (TPSA) is 92.2 Å². The van der Waals surface area contributed by atoms with Gasteiger partial charge in [-0.1, -0.05) is 0 Å². The van der Waals surface area contributed by atoms with Gasteiger partial charge in [0.25, 0.3) is 5.91 Å². The lowest BCUT2D eigenvalue weighted by atomic mass is 10.3. The molecule has 19 heavy (non-hydrogen) atoms. The summed E-state index contributed by atoms with van der Waals surface area (Å²) in [5.74, 6) is -2.03. The highest BCUT2D eigenvalue weighted by Crippen LogP contribution is 2.07. The Kier molecular flexibility index (Phi) is 3.46. The first-order valence-corrected chi connectivity index (χ1v) is 5.18. The second kappa shape index (κ2) is 5.21. The molecule has 0 aliphatic rings. The minimum Gasteiger partial charge on any atom is -0.478 e. The van der Waals surface area contributed by atoms with Crippen molar-refractivity contribution in [1.82, 2.24) is 9.97 Å². The van der Waals surface area contributed by atoms with Gasteiger partial charge in [-0.15, -0.1) is 0 Å². The number of hydrogen-bond acceptors (Lipinski definition) is 4. The fourth-order valence-corrected chi connectivity index (χ4v) is 1.28. The van der Waals surface area contributed by atoms with E-state index in [2.05, 4.69) is 15.3 Å². The third-order valence-electron chi connectivity index (χ3n) is 2.21. The number of nitrogens with zero attached hydrogens (tertiary/aromatic N) is 2. The first-order chi connectivity index (χ1) is 9.06. The van der Waals surface area contributed by atoms with Gasteiger partial charge in [0.15, 0.2) is 0 Å². The number of carboxylic acids is 1. The molecule has 0 spiro atoms. The lowest BCUT2D eigenvalue weighted by Crippen LogP contribution is -2.14. The number of nitrogens with one attached hydrogen (secondary N) is 1. The van der Waals surface area contributed by atoms with Crippen LogP contribution < -0.4 is 5.32 Å². The minimum atomic E-state index is -1.11. The van der Waals surface area contributed by atoms with Crippen LogP contribution in [0.1, 0.15) is 20.8 Å². The molecule has 2 heterocycles. The van der Waals surface area contributed by atoms with Crippen molar-refractivity contribution in [3.8, 4) is 0 Å². The Hall–Kier alpha value is -2.83. The standard InChI is InChI=1S/C12H8FN3O3/c13-8-2-3-9(14-6-8)11(17)16-10-4-1-7(5-15-10)12(18)19/h1-6H,(H,18,19)(H,15,16,17). The average molecular weight is 261 g/mol. The van der Waals surface area contributed by atoms with Crippen LogP contribution in [0.4, 0.5) is 10.2 Å². The van der Waals surface area contributed by atoms with Crippen molar-refractivity contribution in [2.45, 2.75) is 0 Å². The summed E-state index contributed by atoms with van der Waals surface area (Å²) in [6.45, 7) is 0. The smallest absolute Gasteiger partial charge is 0.337 e. The summed E-state index contributed by atoms with van der Waals surface area (Å²) in [6.07, 6.45) is 2.05. The number of aromatic nitrogens is 2. The van der Waals surface area contributed by atoms with E-state index in [0.717, 1.165) is 18.5 Å². The minimum absolute atomic E-state index is 0.0120. The molecule has 2 aromatic rings. The molecule has 0 aliphatic heterocycles. The molecule has 0 fully saturated rings. The number of halogens is 1. The maximum absolute atomic E-state index is 12.6. The number of pyridine rings is 2. The van der Waals surface area contributed by atoms with E-state index in [1.54, 1.807) is 0 Å². The molecule has 1 amide bonds. The predicted octanol–water partition coefficient (Wildman–Crippen LogP) is 1.57. The molecule has 2 rings (SSSR count). The van der Waals surface area contributed by atoms with Crippen LogP contribution in [0.15, 0.2) is 36.7 Å². The number of aromatic carboxylic acids is 1. The Morgan fingerprint density at radius 2 is 1.89 bits per heavy atom. The molecule has 2 aromatic heterocycles. The zero-order valence-corrected chi connectivity index (χ0v) is 9.50. The third-order valence-corrected chi connectivity index (χ3v) is 2.21. The van der Waals surface area contributed by atoms with E-state index in [1.165, 1.54) is 18.2 Å². The average Bonchev–Trinajstić information content (AvgIpc) is 2.40. The molecular weight excluding hydrogens is 253 g/mol. The lowest BCUT2D eigenvalue weighted by molar-refractivity contribution is 0.0696. The molecule has 2 N–H and O–H groups in total. The van der Waals surface area contributed by atoms with Crippen LogP contribution >= 0.6 is 0 Å². The van der Waals surface area contributed by atoms with Gasteiger partial charge in [-0.3, -0.25) is 4.79 Å². The molecule has 0 saturated carbocycles. The molecule has 0 aromatic carbocycles. The summed E-state index contributed by atoms with van der Waals surface area (Å²) in [5.41, 5.74) is 0.0448. The first-order valence-electron chi connectivity index (χ1n) is 5.18. The molecule has 0 atom stereocenters. The van der Waals surface area contributed by atoms with E-state index in [4.69, 9.17) is 5.11 Å². The molecule has 0 aliphatic carbocycles. The van der Waals surface area contributed by atoms with Crippen LogP contribution in [0.2, 0.25) is 0 Å². The van der Waals surface area contributed by atoms with Crippen molar-refractivity contribution >= 4 is 17.7 Å². The highest BCUT2D eigenvalue weighted by molar-refractivity contribution is 6.02. The lowest BCUT2D eigenvalue weighted by Gasteiger charge is -2.03. The molecule has 6 nitrogen and oxygen atoms in total.